The summed E-state index contributed by atoms with van der Waals surface area (Å²) in [6.07, 6.45) is 1.50. The number of carbonyl (C=O) groups is 1. The van der Waals surface area contributed by atoms with E-state index in [1.807, 2.05) is 55.6 Å². The van der Waals surface area contributed by atoms with Crippen LogP contribution in [-0.4, -0.2) is 23.0 Å². The molecule has 0 saturated carbocycles. The average Bonchev–Trinajstić information content (AvgIpc) is 3.25. The number of ether oxygens (including phenoxy) is 2. The molecule has 0 saturated heterocycles. The number of hydrogen-bond acceptors (Lipinski definition) is 7. The van der Waals surface area contributed by atoms with E-state index in [0.717, 1.165) is 39.6 Å². The van der Waals surface area contributed by atoms with Crippen LogP contribution >= 0.6 is 11.3 Å². The van der Waals surface area contributed by atoms with Crippen LogP contribution in [0.4, 0.5) is 10.9 Å². The van der Waals surface area contributed by atoms with Crippen LogP contribution in [0, 0.1) is 13.8 Å². The Morgan fingerprint density at radius 1 is 1.03 bits per heavy atom. The van der Waals surface area contributed by atoms with Crippen molar-refractivity contribution in [2.75, 3.05) is 18.2 Å². The van der Waals surface area contributed by atoms with Gasteiger partial charge in [0.05, 0.1) is 12.8 Å². The van der Waals surface area contributed by atoms with Crippen molar-refractivity contribution in [3.05, 3.63) is 76.8 Å². The molecule has 7 nitrogen and oxygen atoms in total. The molecule has 0 radical (unpaired) electrons. The second-order valence-electron chi connectivity index (χ2n) is 7.18. The Hall–Kier alpha value is -3.91. The molecule has 162 valence electrons. The van der Waals surface area contributed by atoms with E-state index in [4.69, 9.17) is 15.2 Å². The predicted octanol–water partition coefficient (Wildman–Crippen LogP) is 5.46. The van der Waals surface area contributed by atoms with E-state index >= 15 is 0 Å². The molecule has 2 heterocycles. The number of thiazole rings is 1. The molecule has 4 rings (SSSR count). The zero-order chi connectivity index (χ0) is 22.7. The number of nitrogens with zero attached hydrogens (tertiary/aromatic N) is 2. The molecule has 32 heavy (non-hydrogen) atoms. The van der Waals surface area contributed by atoms with Crippen molar-refractivity contribution >= 4 is 28.2 Å². The van der Waals surface area contributed by atoms with Gasteiger partial charge in [-0.05, 0) is 73.5 Å². The van der Waals surface area contributed by atoms with E-state index in [9.17, 15) is 4.79 Å². The third-order valence-corrected chi connectivity index (χ3v) is 5.56. The van der Waals surface area contributed by atoms with Gasteiger partial charge in [0.25, 0.3) is 5.91 Å². The highest BCUT2D eigenvalue weighted by molar-refractivity contribution is 7.14. The Bertz CT molecular complexity index is 1250. The van der Waals surface area contributed by atoms with Crippen molar-refractivity contribution in [1.82, 2.24) is 9.97 Å². The molecule has 3 N–H and O–H groups in total. The van der Waals surface area contributed by atoms with Gasteiger partial charge in [-0.1, -0.05) is 0 Å². The standard InChI is InChI=1S/C24H22N4O3S/c1-14-10-17(11-15(2)22(14)31-19-6-4-18(30-3)5-7-19)20-13-32-24(27-20)28-23(29)16-8-9-26-21(25)12-16/h4-13H,1-3H3,(H2,25,26)(H,27,28,29). The molecule has 0 aliphatic heterocycles. The van der Waals surface area contributed by atoms with Gasteiger partial charge in [-0.15, -0.1) is 11.3 Å². The van der Waals surface area contributed by atoms with E-state index in [2.05, 4.69) is 15.3 Å². The Morgan fingerprint density at radius 3 is 2.38 bits per heavy atom. The molecule has 0 aliphatic rings. The summed E-state index contributed by atoms with van der Waals surface area (Å²) in [7, 11) is 1.63. The SMILES string of the molecule is COc1ccc(Oc2c(C)cc(-c3csc(NC(=O)c4ccnc(N)c4)n3)cc2C)cc1. The van der Waals surface area contributed by atoms with Gasteiger partial charge in [0, 0.05) is 22.7 Å². The van der Waals surface area contributed by atoms with Crippen LogP contribution in [0.25, 0.3) is 11.3 Å². The molecule has 2 aromatic carbocycles. The molecule has 1 amide bonds. The lowest BCUT2D eigenvalue weighted by molar-refractivity contribution is 0.102. The number of rotatable bonds is 6. The molecule has 0 aliphatic carbocycles. The maximum Gasteiger partial charge on any atom is 0.257 e. The van der Waals surface area contributed by atoms with Crippen LogP contribution in [0.5, 0.6) is 17.2 Å². The highest BCUT2D eigenvalue weighted by atomic mass is 32.1. The summed E-state index contributed by atoms with van der Waals surface area (Å²) in [5, 5.41) is 5.23. The maximum atomic E-state index is 12.4. The number of hydrogen-bond donors (Lipinski definition) is 2. The Morgan fingerprint density at radius 2 is 1.72 bits per heavy atom. The smallest absolute Gasteiger partial charge is 0.257 e. The lowest BCUT2D eigenvalue weighted by atomic mass is 10.0. The van der Waals surface area contributed by atoms with E-state index in [1.54, 1.807) is 13.2 Å². The first kappa shape index (κ1) is 21.3. The molecule has 4 aromatic rings. The highest BCUT2D eigenvalue weighted by Crippen LogP contribution is 2.34. The molecule has 0 unspecified atom stereocenters. The first-order valence-corrected chi connectivity index (χ1v) is 10.7. The van der Waals surface area contributed by atoms with E-state index in [0.29, 0.717) is 16.5 Å². The number of aromatic nitrogens is 2. The number of anilines is 2. The monoisotopic (exact) mass is 446 g/mol. The number of aryl methyl sites for hydroxylation is 2. The number of pyridine rings is 1. The van der Waals surface area contributed by atoms with Crippen LogP contribution < -0.4 is 20.5 Å². The molecular formula is C24H22N4O3S. The van der Waals surface area contributed by atoms with Crippen molar-refractivity contribution in [1.29, 1.82) is 0 Å². The van der Waals surface area contributed by atoms with Crippen LogP contribution in [0.15, 0.2) is 60.1 Å². The second kappa shape index (κ2) is 9.07. The predicted molar refractivity (Wildman–Crippen MR) is 127 cm³/mol. The van der Waals surface area contributed by atoms with Crippen molar-refractivity contribution in [3.8, 4) is 28.5 Å². The molecule has 0 spiro atoms. The lowest BCUT2D eigenvalue weighted by Crippen LogP contribution is -2.12. The Balaban J connectivity index is 1.52. The zero-order valence-electron chi connectivity index (χ0n) is 17.9. The van der Waals surface area contributed by atoms with Crippen LogP contribution in [0.2, 0.25) is 0 Å². The summed E-state index contributed by atoms with van der Waals surface area (Å²) in [6, 6.07) is 14.6. The van der Waals surface area contributed by atoms with Gasteiger partial charge in [-0.25, -0.2) is 9.97 Å². The Kier molecular flexibility index (Phi) is 6.04. The van der Waals surface area contributed by atoms with Crippen LogP contribution in [0.1, 0.15) is 21.5 Å². The molecule has 0 fully saturated rings. The van der Waals surface area contributed by atoms with Gasteiger partial charge in [-0.2, -0.15) is 0 Å². The fourth-order valence-electron chi connectivity index (χ4n) is 3.24. The van der Waals surface area contributed by atoms with Gasteiger partial charge in [0.1, 0.15) is 23.1 Å². The first-order valence-electron chi connectivity index (χ1n) is 9.85. The van der Waals surface area contributed by atoms with Crippen molar-refractivity contribution in [2.45, 2.75) is 13.8 Å². The zero-order valence-corrected chi connectivity index (χ0v) is 18.7. The molecule has 2 aromatic heterocycles. The molecule has 8 heteroatoms. The summed E-state index contributed by atoms with van der Waals surface area (Å²) < 4.78 is 11.3. The Labute approximate surface area is 189 Å². The molecular weight excluding hydrogens is 424 g/mol. The third kappa shape index (κ3) is 4.70. The van der Waals surface area contributed by atoms with Gasteiger partial charge >= 0.3 is 0 Å². The van der Waals surface area contributed by atoms with Crippen LogP contribution in [-0.2, 0) is 0 Å². The van der Waals surface area contributed by atoms with Crippen molar-refractivity contribution < 1.29 is 14.3 Å². The average molecular weight is 447 g/mol. The number of nitrogens with one attached hydrogen (secondary N) is 1. The van der Waals surface area contributed by atoms with Gasteiger partial charge in [0.2, 0.25) is 0 Å². The first-order chi connectivity index (χ1) is 15.4. The largest absolute Gasteiger partial charge is 0.497 e. The number of nitrogens with two attached hydrogens (primary N) is 1. The summed E-state index contributed by atoms with van der Waals surface area (Å²) in [4.78, 5) is 20.9. The number of benzene rings is 2. The van der Waals surface area contributed by atoms with Gasteiger partial charge in [-0.3, -0.25) is 10.1 Å². The normalized spacial score (nSPS) is 10.6. The molecule has 0 atom stereocenters. The number of carbonyl (C=O) groups excluding carboxylic acids is 1. The van der Waals surface area contributed by atoms with Crippen molar-refractivity contribution in [2.24, 2.45) is 0 Å². The minimum Gasteiger partial charge on any atom is -0.497 e. The quantitative estimate of drug-likeness (QED) is 0.408. The maximum absolute atomic E-state index is 12.4. The second-order valence-corrected chi connectivity index (χ2v) is 8.04. The van der Waals surface area contributed by atoms with E-state index in [1.165, 1.54) is 23.6 Å². The number of nitrogen functional groups attached to an aromatic ring is 1. The summed E-state index contributed by atoms with van der Waals surface area (Å²) in [5.41, 5.74) is 9.79. The fraction of sp³-hybridized carbons (Fsp3) is 0.125. The summed E-state index contributed by atoms with van der Waals surface area (Å²) in [6.45, 7) is 4.00. The number of amides is 1. The van der Waals surface area contributed by atoms with E-state index in [-0.39, 0.29) is 5.91 Å². The minimum absolute atomic E-state index is 0.282. The summed E-state index contributed by atoms with van der Waals surface area (Å²) >= 11 is 1.36. The van der Waals surface area contributed by atoms with Crippen molar-refractivity contribution in [3.63, 3.8) is 0 Å². The lowest BCUT2D eigenvalue weighted by Gasteiger charge is -2.13. The minimum atomic E-state index is -0.282. The van der Waals surface area contributed by atoms with Gasteiger partial charge in [0.15, 0.2) is 5.13 Å². The highest BCUT2D eigenvalue weighted by Gasteiger charge is 2.13. The molecule has 0 bridgehead atoms. The van der Waals surface area contributed by atoms with E-state index < -0.39 is 0 Å². The summed E-state index contributed by atoms with van der Waals surface area (Å²) in [5.74, 6) is 2.33. The topological polar surface area (TPSA) is 99.4 Å². The van der Waals surface area contributed by atoms with Gasteiger partial charge < -0.3 is 15.2 Å². The third-order valence-electron chi connectivity index (χ3n) is 4.80. The fourth-order valence-corrected chi connectivity index (χ4v) is 3.96. The number of methoxy groups -OCH3 is 1. The van der Waals surface area contributed by atoms with Crippen LogP contribution in [0.3, 0.4) is 0 Å².